The van der Waals surface area contributed by atoms with Gasteiger partial charge in [-0.3, -0.25) is 9.59 Å². The van der Waals surface area contributed by atoms with Gasteiger partial charge in [0.15, 0.2) is 12.6 Å². The van der Waals surface area contributed by atoms with Crippen molar-refractivity contribution in [2.45, 2.75) is 362 Å². The highest BCUT2D eigenvalue weighted by Crippen LogP contribution is 2.39. The quantitative estimate of drug-likeness (QED) is 0.0249. The van der Waals surface area contributed by atoms with Crippen LogP contribution in [0.15, 0.2) is 12.2 Å². The van der Waals surface area contributed by atoms with E-state index in [1.165, 1.54) is 122 Å². The van der Waals surface area contributed by atoms with Crippen molar-refractivity contribution in [1.82, 2.24) is 10.6 Å². The first-order chi connectivity index (χ1) is 42.9. The van der Waals surface area contributed by atoms with E-state index in [4.69, 9.17) is 28.4 Å². The number of nitrogens with one attached hydrogen (secondary N) is 2. The van der Waals surface area contributed by atoms with Crippen LogP contribution in [-0.2, 0) is 42.8 Å². The zero-order valence-corrected chi connectivity index (χ0v) is 54.3. The minimum absolute atomic E-state index is 0.220. The van der Waals surface area contributed by atoms with Crippen LogP contribution in [0.1, 0.15) is 252 Å². The SMILES string of the molecule is CCCCCCCCCC/C=C\CCCCCCCCCC(=O)NC(COC1OC(CO)C(OC2OC(CO)C(O)C(OC3(C(=O)O)CC(O)C(NC(C)=O)C(C(O)C(O)CO)O3)C2O)C(O)C1O)C(O)CCCCCCCCCCCCCCCCCC. The molecule has 3 aliphatic heterocycles. The van der Waals surface area contributed by atoms with Crippen LogP contribution in [0.2, 0.25) is 0 Å². The number of carboxylic acid groups (broad SMARTS) is 1. The molecular formula is C66H122N2O21. The first-order valence-electron chi connectivity index (χ1n) is 34.5. The molecule has 2 amide bonds. The number of aliphatic hydroxyl groups excluding tert-OH is 11. The molecule has 3 saturated heterocycles. The van der Waals surface area contributed by atoms with E-state index >= 15 is 0 Å². The molecule has 3 aliphatic rings. The Bertz CT molecular complexity index is 1860. The third-order valence-electron chi connectivity index (χ3n) is 17.7. The summed E-state index contributed by atoms with van der Waals surface area (Å²) in [5.41, 5.74) is 0. The molecule has 14 N–H and O–H groups in total. The van der Waals surface area contributed by atoms with Gasteiger partial charge in [0.25, 0.3) is 5.79 Å². The molecular weight excluding hydrogens is 1160 g/mol. The summed E-state index contributed by atoms with van der Waals surface area (Å²) >= 11 is 0. The van der Waals surface area contributed by atoms with Gasteiger partial charge in [0.05, 0.1) is 50.7 Å². The highest BCUT2D eigenvalue weighted by molar-refractivity contribution is 5.77. The first-order valence-corrected chi connectivity index (χ1v) is 34.5. The molecule has 23 heteroatoms. The van der Waals surface area contributed by atoms with Gasteiger partial charge in [-0.05, 0) is 38.5 Å². The number of unbranched alkanes of at least 4 members (excludes halogenated alkanes) is 30. The number of hydrogen-bond acceptors (Lipinski definition) is 20. The summed E-state index contributed by atoms with van der Waals surface area (Å²) in [4.78, 5) is 38.5. The molecule has 0 aromatic rings. The predicted octanol–water partition coefficient (Wildman–Crippen LogP) is 5.90. The van der Waals surface area contributed by atoms with E-state index in [0.717, 1.165) is 84.0 Å². The van der Waals surface area contributed by atoms with Crippen molar-refractivity contribution in [3.05, 3.63) is 12.2 Å². The minimum Gasteiger partial charge on any atom is -0.477 e. The fourth-order valence-corrected chi connectivity index (χ4v) is 12.2. The summed E-state index contributed by atoms with van der Waals surface area (Å²) in [5.74, 6) is -6.10. The predicted molar refractivity (Wildman–Crippen MR) is 334 cm³/mol. The molecule has 3 heterocycles. The standard InChI is InChI=1S/C66H122N2O21/c1-4-6-8-10-12-14-16-18-20-22-23-24-26-28-30-32-34-36-38-40-53(76)68-47(48(73)39-37-35-33-31-29-27-25-21-19-17-15-13-11-9-7-5-2)45-84-63-58(80)57(79)60(52(44-71)86-63)87-64-59(81)62(56(78)51(43-70)85-64)89-66(65(82)83)41-49(74)54(67-46(3)72)61(88-66)55(77)50(75)42-69/h22-23,47-52,54-64,69-71,73-75,77-81H,4-21,24-45H2,1-3H3,(H,67,72)(H,68,76)(H,82,83)/b23-22-. The maximum absolute atomic E-state index is 13.5. The third-order valence-corrected chi connectivity index (χ3v) is 17.7. The lowest BCUT2D eigenvalue weighted by Crippen LogP contribution is -2.70. The maximum Gasteiger partial charge on any atom is 0.364 e. The van der Waals surface area contributed by atoms with Crippen molar-refractivity contribution < 1.29 is 104 Å². The summed E-state index contributed by atoms with van der Waals surface area (Å²) in [6, 6.07) is -2.53. The van der Waals surface area contributed by atoms with E-state index in [0.29, 0.717) is 19.3 Å². The van der Waals surface area contributed by atoms with E-state index in [2.05, 4.69) is 36.6 Å². The molecule has 18 atom stereocenters. The van der Waals surface area contributed by atoms with Gasteiger partial charge in [-0.25, -0.2) is 4.79 Å². The third kappa shape index (κ3) is 30.2. The van der Waals surface area contributed by atoms with Gasteiger partial charge in [-0.2, -0.15) is 0 Å². The van der Waals surface area contributed by atoms with Crippen molar-refractivity contribution in [3.63, 3.8) is 0 Å². The van der Waals surface area contributed by atoms with Gasteiger partial charge < -0.3 is 100 Å². The molecule has 89 heavy (non-hydrogen) atoms. The monoisotopic (exact) mass is 1280 g/mol. The number of hydrogen-bond donors (Lipinski definition) is 14. The van der Waals surface area contributed by atoms with E-state index in [-0.39, 0.29) is 18.9 Å². The summed E-state index contributed by atoms with van der Waals surface area (Å²) < 4.78 is 34.8. The Hall–Kier alpha value is -2.53. The Morgan fingerprint density at radius 3 is 1.52 bits per heavy atom. The lowest BCUT2D eigenvalue weighted by molar-refractivity contribution is -0.386. The molecule has 0 spiro atoms. The van der Waals surface area contributed by atoms with Crippen LogP contribution < -0.4 is 10.6 Å². The molecule has 18 unspecified atom stereocenters. The van der Waals surface area contributed by atoms with E-state index in [1.54, 1.807) is 0 Å². The largest absolute Gasteiger partial charge is 0.477 e. The number of allylic oxidation sites excluding steroid dienone is 2. The summed E-state index contributed by atoms with van der Waals surface area (Å²) in [5, 5.41) is 136. The molecule has 0 bridgehead atoms. The lowest BCUT2D eigenvalue weighted by Gasteiger charge is -2.50. The summed E-state index contributed by atoms with van der Waals surface area (Å²) in [6.45, 7) is 2.21. The topological polar surface area (TPSA) is 373 Å². The maximum atomic E-state index is 13.5. The van der Waals surface area contributed by atoms with Crippen LogP contribution in [-0.4, -0.2) is 215 Å². The number of amides is 2. The highest BCUT2D eigenvalue weighted by Gasteiger charge is 2.60. The Labute approximate surface area is 531 Å². The Balaban J connectivity index is 1.60. The van der Waals surface area contributed by atoms with Gasteiger partial charge in [0, 0.05) is 19.8 Å². The van der Waals surface area contributed by atoms with Crippen LogP contribution in [0, 0.1) is 0 Å². The number of carboxylic acids is 1. The van der Waals surface area contributed by atoms with Crippen molar-refractivity contribution in [2.24, 2.45) is 0 Å². The summed E-state index contributed by atoms with van der Waals surface area (Å²) in [6.07, 6.45) is 14.9. The van der Waals surface area contributed by atoms with Crippen LogP contribution >= 0.6 is 0 Å². The van der Waals surface area contributed by atoms with Gasteiger partial charge >= 0.3 is 5.97 Å². The number of aliphatic carboxylic acids is 1. The zero-order chi connectivity index (χ0) is 65.4. The van der Waals surface area contributed by atoms with Crippen molar-refractivity contribution >= 4 is 17.8 Å². The van der Waals surface area contributed by atoms with Gasteiger partial charge in [-0.1, -0.05) is 206 Å². The van der Waals surface area contributed by atoms with Crippen molar-refractivity contribution in [3.8, 4) is 0 Å². The second-order valence-corrected chi connectivity index (χ2v) is 25.4. The molecule has 0 aromatic carbocycles. The molecule has 0 saturated carbocycles. The van der Waals surface area contributed by atoms with E-state index in [9.17, 15) is 75.7 Å². The summed E-state index contributed by atoms with van der Waals surface area (Å²) in [7, 11) is 0. The normalized spacial score (nSPS) is 28.8. The van der Waals surface area contributed by atoms with Crippen LogP contribution in [0.3, 0.4) is 0 Å². The number of carbonyl (C=O) groups excluding carboxylic acids is 2. The van der Waals surface area contributed by atoms with Gasteiger partial charge in [0.1, 0.15) is 67.1 Å². The minimum atomic E-state index is -3.08. The molecule has 522 valence electrons. The Morgan fingerprint density at radius 1 is 0.573 bits per heavy atom. The first kappa shape index (κ1) is 80.7. The van der Waals surface area contributed by atoms with Gasteiger partial charge in [-0.15, -0.1) is 0 Å². The number of rotatable bonds is 52. The highest BCUT2D eigenvalue weighted by atomic mass is 16.8. The second-order valence-electron chi connectivity index (χ2n) is 25.4. The molecule has 0 aromatic heterocycles. The molecule has 23 nitrogen and oxygen atoms in total. The van der Waals surface area contributed by atoms with E-state index < -0.39 is 148 Å². The Morgan fingerprint density at radius 2 is 1.04 bits per heavy atom. The smallest absolute Gasteiger partial charge is 0.364 e. The fraction of sp³-hybridized carbons (Fsp3) is 0.924. The molecule has 0 radical (unpaired) electrons. The van der Waals surface area contributed by atoms with Gasteiger partial charge in [0.2, 0.25) is 11.8 Å². The van der Waals surface area contributed by atoms with Crippen LogP contribution in [0.25, 0.3) is 0 Å². The molecule has 0 aliphatic carbocycles. The van der Waals surface area contributed by atoms with Crippen LogP contribution in [0.5, 0.6) is 0 Å². The Kier molecular flexibility index (Phi) is 43.0. The lowest BCUT2D eigenvalue weighted by atomic mass is 9.88. The number of ether oxygens (including phenoxy) is 6. The number of aliphatic hydroxyl groups is 11. The average molecular weight is 1280 g/mol. The number of carbonyl (C=O) groups is 3. The van der Waals surface area contributed by atoms with Crippen LogP contribution in [0.4, 0.5) is 0 Å². The second kappa shape index (κ2) is 47.4. The zero-order valence-electron chi connectivity index (χ0n) is 54.3. The molecule has 3 rings (SSSR count). The van der Waals surface area contributed by atoms with Crippen molar-refractivity contribution in [2.75, 3.05) is 26.4 Å². The fourth-order valence-electron chi connectivity index (χ4n) is 12.2. The van der Waals surface area contributed by atoms with Crippen molar-refractivity contribution in [1.29, 1.82) is 0 Å². The molecule has 3 fully saturated rings. The van der Waals surface area contributed by atoms with E-state index in [1.807, 2.05) is 0 Å². The average Bonchev–Trinajstić information content (AvgIpc) is 1.83.